The molecule has 1 aromatic heterocycles. The number of aromatic nitrogens is 2. The molecule has 1 aliphatic carbocycles. The Morgan fingerprint density at radius 1 is 1.03 bits per heavy atom. The molecule has 2 heterocycles. The highest BCUT2D eigenvalue weighted by Gasteiger charge is 2.35. The molecule has 2 aromatic rings. The SMILES string of the molecule is COc1cc(N2CCCCCC2)nc(NC(=S)NCC2(c3ccccc3)CCCC2)n1. The highest BCUT2D eigenvalue weighted by molar-refractivity contribution is 7.80. The van der Waals surface area contributed by atoms with E-state index in [0.29, 0.717) is 16.9 Å². The maximum atomic E-state index is 5.61. The van der Waals surface area contributed by atoms with Gasteiger partial charge in [0.25, 0.3) is 0 Å². The van der Waals surface area contributed by atoms with Crippen molar-refractivity contribution < 1.29 is 4.74 Å². The summed E-state index contributed by atoms with van der Waals surface area (Å²) in [6, 6.07) is 12.7. The van der Waals surface area contributed by atoms with E-state index in [9.17, 15) is 0 Å². The van der Waals surface area contributed by atoms with Crippen LogP contribution >= 0.6 is 12.2 Å². The molecule has 1 aromatic carbocycles. The molecule has 1 saturated heterocycles. The molecule has 0 spiro atoms. The molecule has 0 radical (unpaired) electrons. The normalized spacial score (nSPS) is 18.3. The van der Waals surface area contributed by atoms with Crippen LogP contribution in [0.15, 0.2) is 36.4 Å². The van der Waals surface area contributed by atoms with E-state index in [0.717, 1.165) is 25.5 Å². The van der Waals surface area contributed by atoms with Gasteiger partial charge < -0.3 is 20.3 Å². The minimum Gasteiger partial charge on any atom is -0.481 e. The predicted octanol–water partition coefficient (Wildman–Crippen LogP) is 4.66. The van der Waals surface area contributed by atoms with E-state index in [4.69, 9.17) is 21.9 Å². The Morgan fingerprint density at radius 3 is 2.42 bits per heavy atom. The molecule has 2 fully saturated rings. The van der Waals surface area contributed by atoms with Crippen LogP contribution in [0.1, 0.15) is 56.9 Å². The van der Waals surface area contributed by atoms with Gasteiger partial charge in [-0.25, -0.2) is 0 Å². The molecule has 0 bridgehead atoms. The van der Waals surface area contributed by atoms with Gasteiger partial charge in [0.05, 0.1) is 7.11 Å². The largest absolute Gasteiger partial charge is 0.481 e. The molecule has 166 valence electrons. The third-order valence-corrected chi connectivity index (χ3v) is 6.83. The highest BCUT2D eigenvalue weighted by atomic mass is 32.1. The summed E-state index contributed by atoms with van der Waals surface area (Å²) in [4.78, 5) is 11.5. The molecule has 1 aliphatic heterocycles. The third-order valence-electron chi connectivity index (χ3n) is 6.59. The lowest BCUT2D eigenvalue weighted by Crippen LogP contribution is -2.41. The van der Waals surface area contributed by atoms with Gasteiger partial charge in [-0.2, -0.15) is 9.97 Å². The molecular formula is C24H33N5OS. The van der Waals surface area contributed by atoms with Crippen LogP contribution in [0.4, 0.5) is 11.8 Å². The molecule has 31 heavy (non-hydrogen) atoms. The van der Waals surface area contributed by atoms with Crippen molar-refractivity contribution in [2.75, 3.05) is 37.0 Å². The predicted molar refractivity (Wildman–Crippen MR) is 130 cm³/mol. The summed E-state index contributed by atoms with van der Waals surface area (Å²) in [6.07, 6.45) is 9.82. The molecule has 4 rings (SSSR count). The Hall–Kier alpha value is -2.41. The lowest BCUT2D eigenvalue weighted by Gasteiger charge is -2.30. The van der Waals surface area contributed by atoms with Gasteiger partial charge in [-0.3, -0.25) is 0 Å². The summed E-state index contributed by atoms with van der Waals surface area (Å²) in [5.74, 6) is 1.93. The fraction of sp³-hybridized carbons (Fsp3) is 0.542. The Morgan fingerprint density at radius 2 is 1.74 bits per heavy atom. The van der Waals surface area contributed by atoms with Crippen LogP contribution < -0.4 is 20.3 Å². The molecule has 6 nitrogen and oxygen atoms in total. The molecule has 2 N–H and O–H groups in total. The van der Waals surface area contributed by atoms with Crippen molar-refractivity contribution in [3.63, 3.8) is 0 Å². The smallest absolute Gasteiger partial charge is 0.234 e. The Bertz CT molecular complexity index is 862. The van der Waals surface area contributed by atoms with E-state index in [1.807, 2.05) is 6.07 Å². The van der Waals surface area contributed by atoms with Gasteiger partial charge in [-0.1, -0.05) is 56.0 Å². The second-order valence-corrected chi connectivity index (χ2v) is 9.06. The van der Waals surface area contributed by atoms with Gasteiger partial charge in [0.2, 0.25) is 11.8 Å². The molecule has 0 atom stereocenters. The first-order valence-electron chi connectivity index (χ1n) is 11.5. The van der Waals surface area contributed by atoms with Gasteiger partial charge in [0.15, 0.2) is 5.11 Å². The van der Waals surface area contributed by atoms with E-state index >= 15 is 0 Å². The Balaban J connectivity index is 1.43. The van der Waals surface area contributed by atoms with Crippen LogP contribution in [0, 0.1) is 0 Å². The zero-order valence-corrected chi connectivity index (χ0v) is 19.2. The highest BCUT2D eigenvalue weighted by Crippen LogP contribution is 2.40. The van der Waals surface area contributed by atoms with Gasteiger partial charge >= 0.3 is 0 Å². The van der Waals surface area contributed by atoms with E-state index in [1.54, 1.807) is 7.11 Å². The standard InChI is InChI=1S/C24H33N5OS/c1-30-21-17-20(29-15-9-2-3-10-16-29)26-22(27-21)28-23(31)25-18-24(13-7-8-14-24)19-11-5-4-6-12-19/h4-6,11-12,17H,2-3,7-10,13-16,18H2,1H3,(H2,25,26,27,28,31). The molecule has 1 saturated carbocycles. The number of thiocarbonyl (C=S) groups is 1. The summed E-state index contributed by atoms with van der Waals surface area (Å²) in [5, 5.41) is 7.19. The van der Waals surface area contributed by atoms with Gasteiger partial charge in [0, 0.05) is 31.1 Å². The summed E-state index contributed by atoms with van der Waals surface area (Å²) >= 11 is 5.61. The van der Waals surface area contributed by atoms with E-state index in [1.165, 1.54) is 56.9 Å². The molecule has 7 heteroatoms. The van der Waals surface area contributed by atoms with Crippen molar-refractivity contribution in [2.45, 2.75) is 56.8 Å². The second kappa shape index (κ2) is 10.3. The average molecular weight is 440 g/mol. The summed E-state index contributed by atoms with van der Waals surface area (Å²) < 4.78 is 5.43. The summed E-state index contributed by atoms with van der Waals surface area (Å²) in [5.41, 5.74) is 1.53. The quantitative estimate of drug-likeness (QED) is 0.635. The van der Waals surface area contributed by atoms with Crippen LogP contribution in [-0.4, -0.2) is 41.8 Å². The zero-order valence-electron chi connectivity index (χ0n) is 18.4. The number of rotatable bonds is 6. The van der Waals surface area contributed by atoms with Crippen LogP contribution in [0.5, 0.6) is 5.88 Å². The van der Waals surface area contributed by atoms with Gasteiger partial charge in [-0.05, 0) is 43.5 Å². The number of methoxy groups -OCH3 is 1. The van der Waals surface area contributed by atoms with Gasteiger partial charge in [0.1, 0.15) is 5.82 Å². The Kier molecular flexibility index (Phi) is 7.22. The number of nitrogens with zero attached hydrogens (tertiary/aromatic N) is 3. The van der Waals surface area contributed by atoms with Crippen molar-refractivity contribution >= 4 is 29.1 Å². The number of anilines is 2. The second-order valence-electron chi connectivity index (χ2n) is 8.65. The first-order chi connectivity index (χ1) is 15.2. The Labute approximate surface area is 190 Å². The number of nitrogens with one attached hydrogen (secondary N) is 2. The average Bonchev–Trinajstić information content (AvgIpc) is 3.13. The van der Waals surface area contributed by atoms with Crippen molar-refractivity contribution in [3.05, 3.63) is 42.0 Å². The van der Waals surface area contributed by atoms with E-state index in [2.05, 4.69) is 50.8 Å². The van der Waals surface area contributed by atoms with Crippen LogP contribution in [-0.2, 0) is 5.41 Å². The minimum absolute atomic E-state index is 0.138. The first-order valence-corrected chi connectivity index (χ1v) is 11.9. The van der Waals surface area contributed by atoms with Gasteiger partial charge in [-0.15, -0.1) is 0 Å². The lowest BCUT2D eigenvalue weighted by molar-refractivity contribution is 0.397. The van der Waals surface area contributed by atoms with E-state index < -0.39 is 0 Å². The fourth-order valence-electron chi connectivity index (χ4n) is 4.84. The first kappa shape index (κ1) is 21.8. The molecule has 0 amide bonds. The number of hydrogen-bond donors (Lipinski definition) is 2. The monoisotopic (exact) mass is 439 g/mol. The summed E-state index contributed by atoms with van der Waals surface area (Å²) in [7, 11) is 1.64. The molecule has 0 unspecified atom stereocenters. The van der Waals surface area contributed by atoms with Crippen molar-refractivity contribution in [3.8, 4) is 5.88 Å². The maximum absolute atomic E-state index is 5.61. The maximum Gasteiger partial charge on any atom is 0.234 e. The fourth-order valence-corrected chi connectivity index (χ4v) is 5.00. The minimum atomic E-state index is 0.138. The van der Waals surface area contributed by atoms with E-state index in [-0.39, 0.29) is 5.41 Å². The number of ether oxygens (including phenoxy) is 1. The van der Waals surface area contributed by atoms with Crippen LogP contribution in [0.2, 0.25) is 0 Å². The van der Waals surface area contributed by atoms with Crippen molar-refractivity contribution in [2.24, 2.45) is 0 Å². The molecule has 2 aliphatic rings. The third kappa shape index (κ3) is 5.45. The topological polar surface area (TPSA) is 62.3 Å². The zero-order chi connectivity index (χ0) is 21.5. The number of benzene rings is 1. The lowest BCUT2D eigenvalue weighted by atomic mass is 9.79. The van der Waals surface area contributed by atoms with Crippen molar-refractivity contribution in [1.29, 1.82) is 0 Å². The van der Waals surface area contributed by atoms with Crippen molar-refractivity contribution in [1.82, 2.24) is 15.3 Å². The van der Waals surface area contributed by atoms with Crippen LogP contribution in [0.3, 0.4) is 0 Å². The summed E-state index contributed by atoms with van der Waals surface area (Å²) in [6.45, 7) is 2.84. The molecular weight excluding hydrogens is 406 g/mol. The number of hydrogen-bond acceptors (Lipinski definition) is 5. The van der Waals surface area contributed by atoms with Crippen LogP contribution in [0.25, 0.3) is 0 Å².